The van der Waals surface area contributed by atoms with Crippen LogP contribution in [0.4, 0.5) is 0 Å². The zero-order valence-corrected chi connectivity index (χ0v) is 10.4. The van der Waals surface area contributed by atoms with Crippen molar-refractivity contribution in [2.24, 2.45) is 0 Å². The normalized spacial score (nSPS) is 27.6. The van der Waals surface area contributed by atoms with Gasteiger partial charge in [0.25, 0.3) is 0 Å². The van der Waals surface area contributed by atoms with Gasteiger partial charge in [0.1, 0.15) is 0 Å². The first-order valence-corrected chi connectivity index (χ1v) is 6.67. The molecule has 2 unspecified atom stereocenters. The second-order valence-corrected chi connectivity index (χ2v) is 4.65. The molecule has 90 valence electrons. The molecule has 15 heavy (non-hydrogen) atoms. The minimum Gasteiger partial charge on any atom is -0.377 e. The Kier molecular flexibility index (Phi) is 7.03. The molecule has 0 aromatic rings. The summed E-state index contributed by atoms with van der Waals surface area (Å²) in [4.78, 5) is 0. The Morgan fingerprint density at radius 3 is 2.67 bits per heavy atom. The van der Waals surface area contributed by atoms with E-state index < -0.39 is 0 Å². The number of ether oxygens (including phenoxy) is 1. The van der Waals surface area contributed by atoms with Crippen LogP contribution in [-0.4, -0.2) is 25.8 Å². The zero-order chi connectivity index (χ0) is 10.9. The van der Waals surface area contributed by atoms with Gasteiger partial charge < -0.3 is 10.1 Å². The summed E-state index contributed by atoms with van der Waals surface area (Å²) in [6.45, 7) is 3.19. The molecular formula is C13H27NO. The van der Waals surface area contributed by atoms with Gasteiger partial charge in [-0.1, -0.05) is 39.0 Å². The highest BCUT2D eigenvalue weighted by Crippen LogP contribution is 2.20. The van der Waals surface area contributed by atoms with E-state index in [9.17, 15) is 0 Å². The van der Waals surface area contributed by atoms with Crippen molar-refractivity contribution < 1.29 is 4.74 Å². The van der Waals surface area contributed by atoms with E-state index in [0.29, 0.717) is 12.1 Å². The van der Waals surface area contributed by atoms with Gasteiger partial charge in [-0.2, -0.15) is 0 Å². The molecule has 2 heteroatoms. The Bertz CT molecular complexity index is 149. The minimum absolute atomic E-state index is 0.467. The van der Waals surface area contributed by atoms with E-state index >= 15 is 0 Å². The summed E-state index contributed by atoms with van der Waals surface area (Å²) < 4.78 is 6.01. The fourth-order valence-electron chi connectivity index (χ4n) is 2.39. The Labute approximate surface area is 94.8 Å². The average Bonchev–Trinajstić information content (AvgIpc) is 2.49. The fraction of sp³-hybridized carbons (Fsp3) is 1.00. The maximum absolute atomic E-state index is 6.01. The molecular weight excluding hydrogens is 186 g/mol. The quantitative estimate of drug-likeness (QED) is 0.541. The van der Waals surface area contributed by atoms with Crippen molar-refractivity contribution in [3.8, 4) is 0 Å². The first-order valence-electron chi connectivity index (χ1n) is 6.67. The van der Waals surface area contributed by atoms with Gasteiger partial charge in [-0.25, -0.2) is 0 Å². The summed E-state index contributed by atoms with van der Waals surface area (Å²) in [5, 5.41) is 3.41. The molecule has 2 nitrogen and oxygen atoms in total. The minimum atomic E-state index is 0.467. The molecule has 2 atom stereocenters. The largest absolute Gasteiger partial charge is 0.377 e. The first kappa shape index (κ1) is 13.0. The molecule has 0 saturated heterocycles. The lowest BCUT2D eigenvalue weighted by Crippen LogP contribution is -2.38. The maximum Gasteiger partial charge on any atom is 0.0727 e. The van der Waals surface area contributed by atoms with Gasteiger partial charge in [-0.15, -0.1) is 0 Å². The molecule has 1 aliphatic rings. The Hall–Kier alpha value is -0.0800. The summed E-state index contributed by atoms with van der Waals surface area (Å²) >= 11 is 0. The van der Waals surface area contributed by atoms with E-state index in [1.807, 2.05) is 0 Å². The molecule has 1 aliphatic carbocycles. The SMILES string of the molecule is CCCCCOC1CCCCCC1NC. The van der Waals surface area contributed by atoms with Gasteiger partial charge in [0.15, 0.2) is 0 Å². The van der Waals surface area contributed by atoms with E-state index in [4.69, 9.17) is 4.74 Å². The molecule has 1 fully saturated rings. The third-order valence-electron chi connectivity index (χ3n) is 3.40. The van der Waals surface area contributed by atoms with E-state index in [1.54, 1.807) is 0 Å². The van der Waals surface area contributed by atoms with Gasteiger partial charge in [0.2, 0.25) is 0 Å². The molecule has 0 heterocycles. The average molecular weight is 213 g/mol. The predicted molar refractivity (Wildman–Crippen MR) is 65.2 cm³/mol. The molecule has 0 spiro atoms. The highest BCUT2D eigenvalue weighted by Gasteiger charge is 2.22. The lowest BCUT2D eigenvalue weighted by Gasteiger charge is -2.25. The first-order chi connectivity index (χ1) is 7.38. The van der Waals surface area contributed by atoms with Gasteiger partial charge in [-0.05, 0) is 26.3 Å². The number of rotatable bonds is 6. The predicted octanol–water partition coefficient (Wildman–Crippen LogP) is 3.11. The smallest absolute Gasteiger partial charge is 0.0727 e. The van der Waals surface area contributed by atoms with Gasteiger partial charge in [0, 0.05) is 12.6 Å². The van der Waals surface area contributed by atoms with Crippen molar-refractivity contribution in [2.45, 2.75) is 70.4 Å². The number of nitrogens with one attached hydrogen (secondary N) is 1. The molecule has 0 aliphatic heterocycles. The van der Waals surface area contributed by atoms with Crippen LogP contribution < -0.4 is 5.32 Å². The van der Waals surface area contributed by atoms with Crippen LogP contribution in [0.1, 0.15) is 58.3 Å². The van der Waals surface area contributed by atoms with E-state index in [1.165, 1.54) is 51.4 Å². The summed E-state index contributed by atoms with van der Waals surface area (Å²) in [6, 6.07) is 0.592. The van der Waals surface area contributed by atoms with Crippen LogP contribution in [0.2, 0.25) is 0 Å². The Morgan fingerprint density at radius 1 is 1.13 bits per heavy atom. The van der Waals surface area contributed by atoms with E-state index in [2.05, 4.69) is 19.3 Å². The lowest BCUT2D eigenvalue weighted by molar-refractivity contribution is 0.0219. The van der Waals surface area contributed by atoms with Crippen LogP contribution in [0.5, 0.6) is 0 Å². The zero-order valence-electron chi connectivity index (χ0n) is 10.4. The third kappa shape index (κ3) is 4.98. The van der Waals surface area contributed by atoms with E-state index in [0.717, 1.165) is 6.61 Å². The van der Waals surface area contributed by atoms with Gasteiger partial charge in [-0.3, -0.25) is 0 Å². The van der Waals surface area contributed by atoms with Crippen molar-refractivity contribution in [1.82, 2.24) is 5.32 Å². The Balaban J connectivity index is 2.22. The van der Waals surface area contributed by atoms with Crippen molar-refractivity contribution in [2.75, 3.05) is 13.7 Å². The summed E-state index contributed by atoms with van der Waals surface area (Å²) in [5.74, 6) is 0. The van der Waals surface area contributed by atoms with Gasteiger partial charge >= 0.3 is 0 Å². The standard InChI is InChI=1S/C13H27NO/c1-3-4-8-11-15-13-10-7-5-6-9-12(13)14-2/h12-14H,3-11H2,1-2H3. The summed E-state index contributed by atoms with van der Waals surface area (Å²) in [5.41, 5.74) is 0. The van der Waals surface area contributed by atoms with Crippen molar-refractivity contribution >= 4 is 0 Å². The molecule has 0 amide bonds. The van der Waals surface area contributed by atoms with Crippen LogP contribution in [0.3, 0.4) is 0 Å². The van der Waals surface area contributed by atoms with Gasteiger partial charge in [0.05, 0.1) is 6.10 Å². The summed E-state index contributed by atoms with van der Waals surface area (Å²) in [6.07, 6.45) is 10.9. The molecule has 1 rings (SSSR count). The van der Waals surface area contributed by atoms with E-state index in [-0.39, 0.29) is 0 Å². The number of hydrogen-bond donors (Lipinski definition) is 1. The van der Waals surface area contributed by atoms with Crippen LogP contribution in [0, 0.1) is 0 Å². The molecule has 0 bridgehead atoms. The topological polar surface area (TPSA) is 21.3 Å². The second-order valence-electron chi connectivity index (χ2n) is 4.65. The van der Waals surface area contributed by atoms with Crippen molar-refractivity contribution in [3.63, 3.8) is 0 Å². The highest BCUT2D eigenvalue weighted by molar-refractivity contribution is 4.78. The monoisotopic (exact) mass is 213 g/mol. The number of hydrogen-bond acceptors (Lipinski definition) is 2. The van der Waals surface area contributed by atoms with Crippen LogP contribution in [0.25, 0.3) is 0 Å². The molecule has 0 radical (unpaired) electrons. The third-order valence-corrected chi connectivity index (χ3v) is 3.40. The Morgan fingerprint density at radius 2 is 1.93 bits per heavy atom. The highest BCUT2D eigenvalue weighted by atomic mass is 16.5. The van der Waals surface area contributed by atoms with Crippen molar-refractivity contribution in [1.29, 1.82) is 0 Å². The maximum atomic E-state index is 6.01. The van der Waals surface area contributed by atoms with Crippen LogP contribution in [-0.2, 0) is 4.74 Å². The van der Waals surface area contributed by atoms with Crippen LogP contribution in [0.15, 0.2) is 0 Å². The van der Waals surface area contributed by atoms with Crippen molar-refractivity contribution in [3.05, 3.63) is 0 Å². The fourth-order valence-corrected chi connectivity index (χ4v) is 2.39. The number of unbranched alkanes of at least 4 members (excludes halogenated alkanes) is 2. The second kappa shape index (κ2) is 8.12. The summed E-state index contributed by atoms with van der Waals surface area (Å²) in [7, 11) is 2.07. The number of likely N-dealkylation sites (N-methyl/N-ethyl adjacent to an activating group) is 1. The molecule has 0 aromatic heterocycles. The van der Waals surface area contributed by atoms with Crippen LogP contribution >= 0.6 is 0 Å². The molecule has 1 saturated carbocycles. The molecule has 0 aromatic carbocycles. The lowest BCUT2D eigenvalue weighted by atomic mass is 10.1. The molecule has 1 N–H and O–H groups in total.